The maximum Gasteiger partial charge on any atom is 0.338 e. The van der Waals surface area contributed by atoms with Gasteiger partial charge >= 0.3 is 11.9 Å². The van der Waals surface area contributed by atoms with Crippen LogP contribution in [0.25, 0.3) is 10.4 Å². The molecule has 1 heterocycles. The molecule has 0 aliphatic carbocycles. The molecule has 10 heteroatoms. The highest BCUT2D eigenvalue weighted by molar-refractivity contribution is 7.99. The number of carbonyl (C=O) groups is 2. The lowest BCUT2D eigenvalue weighted by Gasteiger charge is -2.44. The Morgan fingerprint density at radius 1 is 0.947 bits per heavy atom. The molecule has 0 N–H and O–H groups in total. The van der Waals surface area contributed by atoms with Crippen LogP contribution in [0.3, 0.4) is 0 Å². The summed E-state index contributed by atoms with van der Waals surface area (Å²) >= 11 is 1.38. The Morgan fingerprint density at radius 2 is 1.58 bits per heavy atom. The van der Waals surface area contributed by atoms with Crippen molar-refractivity contribution in [2.24, 2.45) is 5.11 Å². The molecule has 196 valence electrons. The van der Waals surface area contributed by atoms with Crippen molar-refractivity contribution in [2.45, 2.75) is 48.2 Å². The molecule has 3 aromatic rings. The molecule has 1 fully saturated rings. The highest BCUT2D eigenvalue weighted by Crippen LogP contribution is 2.37. The summed E-state index contributed by atoms with van der Waals surface area (Å²) in [5, 5.41) is 3.98. The van der Waals surface area contributed by atoms with Crippen LogP contribution in [-0.2, 0) is 30.3 Å². The molecule has 4 rings (SSSR count). The molecule has 1 aliphatic rings. The predicted molar refractivity (Wildman–Crippen MR) is 141 cm³/mol. The minimum Gasteiger partial charge on any atom is -0.459 e. The fourth-order valence-corrected chi connectivity index (χ4v) is 5.20. The van der Waals surface area contributed by atoms with E-state index in [0.29, 0.717) is 5.56 Å². The molecule has 0 saturated carbocycles. The van der Waals surface area contributed by atoms with Gasteiger partial charge in [0.05, 0.1) is 12.2 Å². The van der Waals surface area contributed by atoms with Crippen molar-refractivity contribution < 1.29 is 28.5 Å². The van der Waals surface area contributed by atoms with Crippen LogP contribution >= 0.6 is 11.8 Å². The largest absolute Gasteiger partial charge is 0.459 e. The normalized spacial score (nSPS) is 22.6. The van der Waals surface area contributed by atoms with E-state index in [1.165, 1.54) is 18.7 Å². The molecular weight excluding hydrogens is 506 g/mol. The molecule has 38 heavy (non-hydrogen) atoms. The molecule has 2 unspecified atom stereocenters. The van der Waals surface area contributed by atoms with E-state index in [-0.39, 0.29) is 13.2 Å². The molecule has 0 bridgehead atoms. The van der Waals surface area contributed by atoms with Crippen molar-refractivity contribution in [1.82, 2.24) is 0 Å². The SMILES string of the molecule is CC(=O)O[C@H]1C(COC(=O)c2ccccc2)O[C@@H](Sc2ccccc2)C(OCc2ccccc2)[C@H]1N=[N+]=[N-]. The summed E-state index contributed by atoms with van der Waals surface area (Å²) in [6, 6.07) is 26.7. The van der Waals surface area contributed by atoms with E-state index in [1.54, 1.807) is 30.3 Å². The van der Waals surface area contributed by atoms with Gasteiger partial charge < -0.3 is 18.9 Å². The molecule has 0 amide bonds. The summed E-state index contributed by atoms with van der Waals surface area (Å²) in [7, 11) is 0. The minimum absolute atomic E-state index is 0.221. The first-order chi connectivity index (χ1) is 18.5. The number of esters is 2. The number of benzene rings is 3. The highest BCUT2D eigenvalue weighted by atomic mass is 32.2. The summed E-state index contributed by atoms with van der Waals surface area (Å²) in [4.78, 5) is 28.6. The number of ether oxygens (including phenoxy) is 4. The molecule has 3 aromatic carbocycles. The molecular formula is C28H27N3O6S. The summed E-state index contributed by atoms with van der Waals surface area (Å²) in [5.74, 6) is -1.14. The van der Waals surface area contributed by atoms with Crippen LogP contribution in [0, 0.1) is 0 Å². The second-order valence-electron chi connectivity index (χ2n) is 8.47. The van der Waals surface area contributed by atoms with Crippen LogP contribution in [0.4, 0.5) is 0 Å². The standard InChI is InChI=1S/C28H27N3O6S/c1-19(32)36-25-23(18-35-27(33)21-13-7-3-8-14-21)37-28(38-22-15-9-4-10-16-22)26(24(25)30-31-29)34-17-20-11-5-2-6-12-20/h2-16,23-26,28H,17-18H2,1H3/t23?,24-,25-,26?,28-/m0/s1. The lowest BCUT2D eigenvalue weighted by molar-refractivity contribution is -0.197. The van der Waals surface area contributed by atoms with Crippen molar-refractivity contribution >= 4 is 23.7 Å². The van der Waals surface area contributed by atoms with E-state index < -0.39 is 41.7 Å². The maximum atomic E-state index is 12.6. The maximum absolute atomic E-state index is 12.6. The topological polar surface area (TPSA) is 120 Å². The lowest BCUT2D eigenvalue weighted by atomic mass is 9.97. The second-order valence-corrected chi connectivity index (χ2v) is 9.64. The van der Waals surface area contributed by atoms with Gasteiger partial charge in [-0.25, -0.2) is 4.79 Å². The molecule has 0 aromatic heterocycles. The number of thioether (sulfide) groups is 1. The second kappa shape index (κ2) is 13.6. The first-order valence-corrected chi connectivity index (χ1v) is 12.9. The third-order valence-corrected chi connectivity index (χ3v) is 6.93. The van der Waals surface area contributed by atoms with Gasteiger partial charge in [0.25, 0.3) is 0 Å². The third-order valence-electron chi connectivity index (χ3n) is 5.77. The molecule has 1 aliphatic heterocycles. The summed E-state index contributed by atoms with van der Waals surface area (Å²) in [5.41, 5.74) is 10.1. The van der Waals surface area contributed by atoms with Gasteiger partial charge in [-0.3, -0.25) is 4.79 Å². The zero-order chi connectivity index (χ0) is 26.7. The van der Waals surface area contributed by atoms with Gasteiger partial charge in [0.1, 0.15) is 36.4 Å². The van der Waals surface area contributed by atoms with Crippen molar-refractivity contribution in [3.8, 4) is 0 Å². The number of rotatable bonds is 10. The van der Waals surface area contributed by atoms with Crippen LogP contribution in [-0.4, -0.2) is 48.3 Å². The van der Waals surface area contributed by atoms with Gasteiger partial charge in [-0.15, -0.1) is 0 Å². The number of nitrogens with zero attached hydrogens (tertiary/aromatic N) is 3. The first-order valence-electron chi connectivity index (χ1n) is 12.0. The molecule has 9 nitrogen and oxygen atoms in total. The quantitative estimate of drug-likeness (QED) is 0.145. The molecule has 0 radical (unpaired) electrons. The Labute approximate surface area is 224 Å². The zero-order valence-electron chi connectivity index (χ0n) is 20.7. The Balaban J connectivity index is 1.62. The molecule has 5 atom stereocenters. The van der Waals surface area contributed by atoms with E-state index in [0.717, 1.165) is 10.5 Å². The Kier molecular flexibility index (Phi) is 9.77. The number of hydrogen-bond donors (Lipinski definition) is 0. The summed E-state index contributed by atoms with van der Waals surface area (Å²) in [6.07, 6.45) is -2.72. The van der Waals surface area contributed by atoms with Crippen LogP contribution in [0.5, 0.6) is 0 Å². The van der Waals surface area contributed by atoms with E-state index in [1.807, 2.05) is 60.7 Å². The van der Waals surface area contributed by atoms with Crippen molar-refractivity contribution in [3.63, 3.8) is 0 Å². The van der Waals surface area contributed by atoms with Crippen molar-refractivity contribution in [1.29, 1.82) is 0 Å². The van der Waals surface area contributed by atoms with Gasteiger partial charge in [0.15, 0.2) is 0 Å². The summed E-state index contributed by atoms with van der Waals surface area (Å²) < 4.78 is 23.7. The average Bonchev–Trinajstić information content (AvgIpc) is 2.94. The van der Waals surface area contributed by atoms with Crippen LogP contribution in [0.15, 0.2) is 101 Å². The first kappa shape index (κ1) is 27.2. The predicted octanol–water partition coefficient (Wildman–Crippen LogP) is 5.56. The molecule has 0 spiro atoms. The number of carbonyl (C=O) groups excluding carboxylic acids is 2. The van der Waals surface area contributed by atoms with Gasteiger partial charge in [-0.05, 0) is 35.4 Å². The zero-order valence-corrected chi connectivity index (χ0v) is 21.5. The third kappa shape index (κ3) is 7.36. The van der Waals surface area contributed by atoms with Crippen LogP contribution in [0.2, 0.25) is 0 Å². The smallest absolute Gasteiger partial charge is 0.338 e. The number of hydrogen-bond acceptors (Lipinski definition) is 8. The van der Waals surface area contributed by atoms with Gasteiger partial charge in [-0.1, -0.05) is 83.6 Å². The highest BCUT2D eigenvalue weighted by Gasteiger charge is 2.49. The van der Waals surface area contributed by atoms with Crippen molar-refractivity contribution in [3.05, 3.63) is 113 Å². The molecule has 1 saturated heterocycles. The Bertz CT molecular complexity index is 1240. The fraction of sp³-hybridized carbons (Fsp3) is 0.286. The van der Waals surface area contributed by atoms with E-state index in [2.05, 4.69) is 10.0 Å². The van der Waals surface area contributed by atoms with Gasteiger partial charge in [0, 0.05) is 16.7 Å². The van der Waals surface area contributed by atoms with E-state index in [9.17, 15) is 15.1 Å². The Hall–Kier alpha value is -3.82. The monoisotopic (exact) mass is 533 g/mol. The van der Waals surface area contributed by atoms with Gasteiger partial charge in [0.2, 0.25) is 0 Å². The van der Waals surface area contributed by atoms with Crippen molar-refractivity contribution in [2.75, 3.05) is 6.61 Å². The van der Waals surface area contributed by atoms with E-state index in [4.69, 9.17) is 18.9 Å². The minimum atomic E-state index is -1.04. The van der Waals surface area contributed by atoms with E-state index >= 15 is 0 Å². The van der Waals surface area contributed by atoms with Crippen LogP contribution in [0.1, 0.15) is 22.8 Å². The Morgan fingerprint density at radius 3 is 2.21 bits per heavy atom. The summed E-state index contributed by atoms with van der Waals surface area (Å²) in [6.45, 7) is 1.25. The van der Waals surface area contributed by atoms with Gasteiger partial charge in [-0.2, -0.15) is 0 Å². The van der Waals surface area contributed by atoms with Crippen LogP contribution < -0.4 is 0 Å². The average molecular weight is 534 g/mol. The lowest BCUT2D eigenvalue weighted by Crippen LogP contribution is -2.59. The fourth-order valence-electron chi connectivity index (χ4n) is 4.04. The number of azide groups is 1.